The van der Waals surface area contributed by atoms with Gasteiger partial charge in [0.25, 0.3) is 0 Å². The van der Waals surface area contributed by atoms with Gasteiger partial charge in [-0.2, -0.15) is 0 Å². The van der Waals surface area contributed by atoms with Gasteiger partial charge in [0.2, 0.25) is 0 Å². The molecule has 6 fully saturated rings. The van der Waals surface area contributed by atoms with E-state index in [1.165, 1.54) is 5.57 Å². The zero-order valence-electron chi connectivity index (χ0n) is 27.2. The van der Waals surface area contributed by atoms with Crippen molar-refractivity contribution in [2.75, 3.05) is 13.2 Å². The largest absolute Gasteiger partial charge is 0.396 e. The molecular weight excluding hydrogens is 540 g/mol. The van der Waals surface area contributed by atoms with E-state index in [0.717, 1.165) is 83.5 Å². The molecule has 0 aliphatic heterocycles. The molecule has 6 heteroatoms. The van der Waals surface area contributed by atoms with E-state index in [4.69, 9.17) is 0 Å². The lowest BCUT2D eigenvalue weighted by Gasteiger charge is -2.74. The number of fused-ring (bicyclic) bond motifs is 4. The van der Waals surface area contributed by atoms with Crippen LogP contribution in [0, 0.1) is 55.7 Å². The molecule has 2 spiro atoms. The minimum Gasteiger partial charge on any atom is -0.396 e. The van der Waals surface area contributed by atoms with E-state index in [1.807, 2.05) is 13.0 Å². The number of allylic oxidation sites excluding steroid dienone is 2. The monoisotopic (exact) mass is 598 g/mol. The van der Waals surface area contributed by atoms with Crippen LogP contribution in [0.2, 0.25) is 0 Å². The second kappa shape index (κ2) is 9.62. The van der Waals surface area contributed by atoms with E-state index < -0.39 is 29.1 Å². The Bertz CT molecular complexity index is 1180. The van der Waals surface area contributed by atoms with Crippen LogP contribution in [0.4, 0.5) is 0 Å². The van der Waals surface area contributed by atoms with Gasteiger partial charge in [-0.1, -0.05) is 59.0 Å². The highest BCUT2D eigenvalue weighted by Crippen LogP contribution is 2.80. The van der Waals surface area contributed by atoms with Crippen molar-refractivity contribution in [3.63, 3.8) is 0 Å². The van der Waals surface area contributed by atoms with Crippen molar-refractivity contribution < 1.29 is 30.3 Å². The summed E-state index contributed by atoms with van der Waals surface area (Å²) in [5, 5.41) is 56.7. The number of aliphatic hydroxyl groups is 5. The van der Waals surface area contributed by atoms with Crippen molar-refractivity contribution in [2.45, 2.75) is 142 Å². The van der Waals surface area contributed by atoms with Crippen LogP contribution < -0.4 is 0 Å². The second-order valence-corrected chi connectivity index (χ2v) is 18.1. The Morgan fingerprint density at radius 2 is 1.53 bits per heavy atom. The predicted molar refractivity (Wildman–Crippen MR) is 165 cm³/mol. The molecule has 43 heavy (non-hydrogen) atoms. The summed E-state index contributed by atoms with van der Waals surface area (Å²) in [5.74, 6) is -0.0500. The van der Waals surface area contributed by atoms with Gasteiger partial charge in [0, 0.05) is 16.7 Å². The lowest BCUT2D eigenvalue weighted by Crippen LogP contribution is -2.72. The van der Waals surface area contributed by atoms with Crippen LogP contribution in [0.5, 0.6) is 0 Å². The highest BCUT2D eigenvalue weighted by atomic mass is 16.3. The van der Waals surface area contributed by atoms with E-state index in [9.17, 15) is 25.5 Å². The first-order valence-electron chi connectivity index (χ1n) is 17.8. The Morgan fingerprint density at radius 1 is 0.860 bits per heavy atom. The normalized spacial score (nSPS) is 52.3. The molecule has 0 amide bonds. The first kappa shape index (κ1) is 30.8. The molecule has 7 aliphatic rings. The number of aliphatic hydroxyl groups excluding tert-OH is 5. The molecule has 7 rings (SSSR count). The molecule has 6 saturated carbocycles. The number of carbonyl (C=O) groups is 1. The first-order valence-corrected chi connectivity index (χ1v) is 17.8. The molecule has 7 aliphatic carbocycles. The van der Waals surface area contributed by atoms with Crippen molar-refractivity contribution in [1.82, 2.24) is 0 Å². The number of rotatable bonds is 3. The van der Waals surface area contributed by atoms with Gasteiger partial charge < -0.3 is 25.5 Å². The van der Waals surface area contributed by atoms with E-state index in [-0.39, 0.29) is 63.8 Å². The third kappa shape index (κ3) is 3.52. The van der Waals surface area contributed by atoms with Crippen LogP contribution in [-0.4, -0.2) is 62.8 Å². The number of ketones is 1. The smallest absolute Gasteiger partial charge is 0.159 e. The van der Waals surface area contributed by atoms with Gasteiger partial charge in [-0.15, -0.1) is 0 Å². The fourth-order valence-corrected chi connectivity index (χ4v) is 14.8. The Hall–Kier alpha value is -0.790. The molecule has 0 aromatic rings. The van der Waals surface area contributed by atoms with E-state index in [0.29, 0.717) is 12.8 Å². The average Bonchev–Trinajstić information content (AvgIpc) is 3.37. The van der Waals surface area contributed by atoms with Crippen LogP contribution in [-0.2, 0) is 4.79 Å². The van der Waals surface area contributed by atoms with E-state index >= 15 is 4.79 Å². The van der Waals surface area contributed by atoms with Gasteiger partial charge in [0.15, 0.2) is 5.78 Å². The molecule has 242 valence electrons. The summed E-state index contributed by atoms with van der Waals surface area (Å²) >= 11 is 0. The number of hydrogen-bond donors (Lipinski definition) is 5. The summed E-state index contributed by atoms with van der Waals surface area (Å²) in [6.07, 6.45) is 13.5. The fourth-order valence-electron chi connectivity index (χ4n) is 14.8. The summed E-state index contributed by atoms with van der Waals surface area (Å²) in [5.41, 5.74) is -1.26. The van der Waals surface area contributed by atoms with Gasteiger partial charge in [-0.25, -0.2) is 0 Å². The van der Waals surface area contributed by atoms with Crippen LogP contribution in [0.25, 0.3) is 0 Å². The molecule has 0 radical (unpaired) electrons. The lowest BCUT2D eigenvalue weighted by molar-refractivity contribution is -0.256. The molecule has 11 atom stereocenters. The third-order valence-electron chi connectivity index (χ3n) is 16.4. The van der Waals surface area contributed by atoms with Crippen molar-refractivity contribution >= 4 is 5.78 Å². The summed E-state index contributed by atoms with van der Waals surface area (Å²) in [7, 11) is 0. The highest BCUT2D eigenvalue weighted by Gasteiger charge is 2.77. The fraction of sp³-hybridized carbons (Fsp3) is 0.919. The zero-order chi connectivity index (χ0) is 30.8. The molecule has 6 nitrogen and oxygen atoms in total. The predicted octanol–water partition coefficient (Wildman–Crippen LogP) is 5.33. The molecule has 2 bridgehead atoms. The molecule has 0 saturated heterocycles. The van der Waals surface area contributed by atoms with Crippen molar-refractivity contribution in [1.29, 1.82) is 0 Å². The van der Waals surface area contributed by atoms with Gasteiger partial charge in [-0.3, -0.25) is 4.79 Å². The van der Waals surface area contributed by atoms with E-state index in [2.05, 4.69) is 20.8 Å². The van der Waals surface area contributed by atoms with Gasteiger partial charge >= 0.3 is 0 Å². The molecule has 0 aromatic heterocycles. The minimum absolute atomic E-state index is 0.0149. The summed E-state index contributed by atoms with van der Waals surface area (Å²) < 4.78 is 0. The van der Waals surface area contributed by atoms with Crippen molar-refractivity contribution in [3.05, 3.63) is 11.6 Å². The Morgan fingerprint density at radius 3 is 2.21 bits per heavy atom. The van der Waals surface area contributed by atoms with Crippen LogP contribution in [0.15, 0.2) is 11.6 Å². The second-order valence-electron chi connectivity index (χ2n) is 18.1. The molecular formula is C37H58O6. The van der Waals surface area contributed by atoms with Crippen LogP contribution in [0.3, 0.4) is 0 Å². The standard InChI is InChI=1S/C37H58O6/c1-31(2)18-24-23-17-25(40)30-35-13-7-8-14-36(30,16-9-26(35)33(4,29(43)20-38)27(41)10-15-35)32(23,3)19-28(42)37(24,22-39)34(21-31)11-5-6-12-34/h17,24,26-30,38-39,41-43H,5-16,18-22H2,1-4H3/t24-,26-,27+,28+,29-,30-,32-,33+,35+,36-,37+/m1/s1. The number of carbonyl (C=O) groups excluding carboxylic acids is 1. The van der Waals surface area contributed by atoms with Crippen LogP contribution in [0.1, 0.15) is 124 Å². The average molecular weight is 599 g/mol. The number of hydrogen-bond acceptors (Lipinski definition) is 6. The maximum absolute atomic E-state index is 15.0. The molecule has 0 heterocycles. The maximum atomic E-state index is 15.0. The molecule has 0 unspecified atom stereocenters. The van der Waals surface area contributed by atoms with Crippen LogP contribution >= 0.6 is 0 Å². The first-order chi connectivity index (χ1) is 20.2. The van der Waals surface area contributed by atoms with E-state index in [1.54, 1.807) is 0 Å². The zero-order valence-corrected chi connectivity index (χ0v) is 27.2. The van der Waals surface area contributed by atoms with Gasteiger partial charge in [-0.05, 0) is 116 Å². The summed E-state index contributed by atoms with van der Waals surface area (Å²) in [4.78, 5) is 15.0. The maximum Gasteiger partial charge on any atom is 0.159 e. The SMILES string of the molecule is CC1(C)C[C@@H]2C3=CC(=O)[C@@H]4[C@]56CCCC[C@]4(CC[C@@H]5[C@](C)([C@H](O)CO)[C@@H](O)CC6)[C@]3(C)C[C@H](O)[C@@]2(CO)C2(CCCC2)C1. The topological polar surface area (TPSA) is 118 Å². The quantitative estimate of drug-likeness (QED) is 0.300. The lowest BCUT2D eigenvalue weighted by atomic mass is 9.30. The Labute approximate surface area is 258 Å². The summed E-state index contributed by atoms with van der Waals surface area (Å²) in [6, 6.07) is 0. The minimum atomic E-state index is -1.03. The van der Waals surface area contributed by atoms with Crippen molar-refractivity contribution in [3.8, 4) is 0 Å². The van der Waals surface area contributed by atoms with Gasteiger partial charge in [0.05, 0.1) is 31.5 Å². The Balaban J connectivity index is 1.42. The van der Waals surface area contributed by atoms with Gasteiger partial charge in [0.1, 0.15) is 0 Å². The molecule has 5 N–H and O–H groups in total. The third-order valence-corrected chi connectivity index (χ3v) is 16.4. The van der Waals surface area contributed by atoms with Crippen molar-refractivity contribution in [2.24, 2.45) is 55.7 Å². The Kier molecular flexibility index (Phi) is 6.90. The summed E-state index contributed by atoms with van der Waals surface area (Å²) in [6.45, 7) is 8.67. The highest BCUT2D eigenvalue weighted by molar-refractivity contribution is 5.96. The molecule has 0 aromatic carbocycles.